The molecule has 1 N–H and O–H groups in total. The van der Waals surface area contributed by atoms with Gasteiger partial charge in [-0.3, -0.25) is 0 Å². The zero-order valence-corrected chi connectivity index (χ0v) is 12.7. The van der Waals surface area contributed by atoms with Crippen LogP contribution < -0.4 is 0 Å². The molecule has 4 nitrogen and oxygen atoms in total. The van der Waals surface area contributed by atoms with Gasteiger partial charge in [-0.1, -0.05) is 30.0 Å². The number of likely N-dealkylation sites (tertiary alicyclic amines) is 1. The van der Waals surface area contributed by atoms with Gasteiger partial charge in [-0.15, -0.1) is 0 Å². The largest absolute Gasteiger partial charge is 0.444 e. The fourth-order valence-electron chi connectivity index (χ4n) is 2.09. The van der Waals surface area contributed by atoms with E-state index in [0.717, 1.165) is 5.56 Å². The summed E-state index contributed by atoms with van der Waals surface area (Å²) in [5.41, 5.74) is -0.845. The molecule has 2 rings (SSSR count). The smallest absolute Gasteiger partial charge is 0.410 e. The van der Waals surface area contributed by atoms with Gasteiger partial charge in [-0.25, -0.2) is 4.79 Å². The van der Waals surface area contributed by atoms with Crippen LogP contribution in [0.4, 0.5) is 4.79 Å². The molecule has 1 heterocycles. The second-order valence-electron chi connectivity index (χ2n) is 6.30. The zero-order chi connectivity index (χ0) is 15.5. The second-order valence-corrected chi connectivity index (χ2v) is 6.30. The summed E-state index contributed by atoms with van der Waals surface area (Å²) in [7, 11) is 0. The van der Waals surface area contributed by atoms with E-state index in [9.17, 15) is 9.90 Å². The Hall–Kier alpha value is -1.99. The number of amides is 1. The lowest BCUT2D eigenvalue weighted by molar-refractivity contribution is 0.0239. The van der Waals surface area contributed by atoms with Crippen molar-refractivity contribution in [2.75, 3.05) is 13.1 Å². The topological polar surface area (TPSA) is 49.8 Å². The third-order valence-electron chi connectivity index (χ3n) is 3.11. The van der Waals surface area contributed by atoms with Crippen LogP contribution in [0.2, 0.25) is 0 Å². The Morgan fingerprint density at radius 3 is 2.62 bits per heavy atom. The minimum atomic E-state index is -1.16. The molecule has 21 heavy (non-hydrogen) atoms. The van der Waals surface area contributed by atoms with Gasteiger partial charge in [-0.2, -0.15) is 0 Å². The number of aliphatic hydroxyl groups is 1. The molecule has 1 aromatic rings. The lowest BCUT2D eigenvalue weighted by Crippen LogP contribution is -2.38. The molecular formula is C17H21NO3. The molecule has 1 atom stereocenters. The first-order valence-corrected chi connectivity index (χ1v) is 7.06. The van der Waals surface area contributed by atoms with E-state index in [-0.39, 0.29) is 6.54 Å². The average Bonchev–Trinajstić information content (AvgIpc) is 2.79. The second kappa shape index (κ2) is 5.79. The van der Waals surface area contributed by atoms with Crippen LogP contribution in [-0.4, -0.2) is 40.4 Å². The predicted octanol–water partition coefficient (Wildman–Crippen LogP) is 2.41. The average molecular weight is 287 g/mol. The first kappa shape index (κ1) is 15.4. The van der Waals surface area contributed by atoms with E-state index in [2.05, 4.69) is 11.8 Å². The van der Waals surface area contributed by atoms with E-state index in [1.807, 2.05) is 51.1 Å². The summed E-state index contributed by atoms with van der Waals surface area (Å²) in [6.07, 6.45) is 0.0337. The molecule has 4 heteroatoms. The molecule has 1 unspecified atom stereocenters. The van der Waals surface area contributed by atoms with Crippen LogP contribution in [0.15, 0.2) is 30.3 Å². The molecule has 1 amide bonds. The number of ether oxygens (including phenoxy) is 1. The van der Waals surface area contributed by atoms with Crippen molar-refractivity contribution in [1.82, 2.24) is 4.90 Å². The standard InChI is InChI=1S/C17H21NO3/c1-16(2,3)21-15(19)18-12-11-17(20,13-18)10-9-14-7-5-4-6-8-14/h4-8,20H,11-13H2,1-3H3. The highest BCUT2D eigenvalue weighted by molar-refractivity contribution is 5.69. The molecule has 1 aliphatic rings. The van der Waals surface area contributed by atoms with Crippen molar-refractivity contribution in [2.45, 2.75) is 38.4 Å². The van der Waals surface area contributed by atoms with Gasteiger partial charge in [0, 0.05) is 18.5 Å². The Labute approximate surface area is 125 Å². The maximum absolute atomic E-state index is 12.0. The van der Waals surface area contributed by atoms with Crippen molar-refractivity contribution >= 4 is 6.09 Å². The summed E-state index contributed by atoms with van der Waals surface area (Å²) in [6.45, 7) is 6.10. The van der Waals surface area contributed by atoms with E-state index in [1.54, 1.807) is 0 Å². The van der Waals surface area contributed by atoms with Gasteiger partial charge in [0.25, 0.3) is 0 Å². The first-order chi connectivity index (χ1) is 9.77. The van der Waals surface area contributed by atoms with Crippen molar-refractivity contribution in [3.8, 4) is 11.8 Å². The molecule has 1 aromatic carbocycles. The lowest BCUT2D eigenvalue weighted by atomic mass is 10.0. The summed E-state index contributed by atoms with van der Waals surface area (Å²) >= 11 is 0. The van der Waals surface area contributed by atoms with Crippen LogP contribution in [0.5, 0.6) is 0 Å². The number of benzene rings is 1. The van der Waals surface area contributed by atoms with Gasteiger partial charge in [0.2, 0.25) is 0 Å². The number of carbonyl (C=O) groups is 1. The Bertz CT molecular complexity index is 565. The van der Waals surface area contributed by atoms with Gasteiger partial charge in [0.15, 0.2) is 0 Å². The van der Waals surface area contributed by atoms with E-state index >= 15 is 0 Å². The van der Waals surface area contributed by atoms with Crippen LogP contribution >= 0.6 is 0 Å². The molecular weight excluding hydrogens is 266 g/mol. The summed E-state index contributed by atoms with van der Waals surface area (Å²) in [5, 5.41) is 10.4. The van der Waals surface area contributed by atoms with Crippen LogP contribution in [0.25, 0.3) is 0 Å². The Morgan fingerprint density at radius 1 is 1.33 bits per heavy atom. The first-order valence-electron chi connectivity index (χ1n) is 7.06. The molecule has 0 radical (unpaired) electrons. The van der Waals surface area contributed by atoms with Gasteiger partial charge in [0.1, 0.15) is 11.2 Å². The predicted molar refractivity (Wildman–Crippen MR) is 80.7 cm³/mol. The van der Waals surface area contributed by atoms with E-state index in [4.69, 9.17) is 4.74 Å². The maximum atomic E-state index is 12.0. The summed E-state index contributed by atoms with van der Waals surface area (Å²) < 4.78 is 5.31. The molecule has 1 aliphatic heterocycles. The van der Waals surface area contributed by atoms with Crippen molar-refractivity contribution in [2.24, 2.45) is 0 Å². The van der Waals surface area contributed by atoms with Gasteiger partial charge in [-0.05, 0) is 32.9 Å². The van der Waals surface area contributed by atoms with Gasteiger partial charge < -0.3 is 14.7 Å². The Morgan fingerprint density at radius 2 is 2.00 bits per heavy atom. The highest BCUT2D eigenvalue weighted by atomic mass is 16.6. The number of nitrogens with zero attached hydrogens (tertiary/aromatic N) is 1. The fourth-order valence-corrected chi connectivity index (χ4v) is 2.09. The lowest BCUT2D eigenvalue weighted by Gasteiger charge is -2.24. The quantitative estimate of drug-likeness (QED) is 0.746. The SMILES string of the molecule is CC(C)(C)OC(=O)N1CCC(O)(C#Cc2ccccc2)C1. The molecule has 0 saturated carbocycles. The van der Waals surface area contributed by atoms with Crippen molar-refractivity contribution in [3.63, 3.8) is 0 Å². The zero-order valence-electron chi connectivity index (χ0n) is 12.7. The van der Waals surface area contributed by atoms with Gasteiger partial charge in [0.05, 0.1) is 6.54 Å². The maximum Gasteiger partial charge on any atom is 0.410 e. The monoisotopic (exact) mass is 287 g/mol. The number of β-amino-alcohol motifs (C(OH)–C–C–N with tert-alkyl or cyclic N) is 1. The molecule has 0 spiro atoms. The molecule has 0 aromatic heterocycles. The van der Waals surface area contributed by atoms with Crippen molar-refractivity contribution in [1.29, 1.82) is 0 Å². The minimum absolute atomic E-state index is 0.182. The van der Waals surface area contributed by atoms with Crippen molar-refractivity contribution in [3.05, 3.63) is 35.9 Å². The highest BCUT2D eigenvalue weighted by Crippen LogP contribution is 2.22. The molecule has 112 valence electrons. The summed E-state index contributed by atoms with van der Waals surface area (Å²) in [5.74, 6) is 5.83. The van der Waals surface area contributed by atoms with Crippen LogP contribution in [0.1, 0.15) is 32.8 Å². The number of rotatable bonds is 0. The Kier molecular flexibility index (Phi) is 4.24. The molecule has 0 aliphatic carbocycles. The third-order valence-corrected chi connectivity index (χ3v) is 3.11. The van der Waals surface area contributed by atoms with Crippen LogP contribution in [0, 0.1) is 11.8 Å². The third kappa shape index (κ3) is 4.51. The highest BCUT2D eigenvalue weighted by Gasteiger charge is 2.38. The molecule has 1 fully saturated rings. The van der Waals surface area contributed by atoms with Crippen LogP contribution in [-0.2, 0) is 4.74 Å². The molecule has 1 saturated heterocycles. The molecule has 0 bridgehead atoms. The van der Waals surface area contributed by atoms with Crippen LogP contribution in [0.3, 0.4) is 0 Å². The van der Waals surface area contributed by atoms with Crippen molar-refractivity contribution < 1.29 is 14.6 Å². The fraction of sp³-hybridized carbons (Fsp3) is 0.471. The van der Waals surface area contributed by atoms with E-state index in [0.29, 0.717) is 13.0 Å². The van der Waals surface area contributed by atoms with E-state index in [1.165, 1.54) is 4.90 Å². The van der Waals surface area contributed by atoms with E-state index < -0.39 is 17.3 Å². The number of carbonyl (C=O) groups excluding carboxylic acids is 1. The summed E-state index contributed by atoms with van der Waals surface area (Å²) in [4.78, 5) is 13.5. The normalized spacial score (nSPS) is 21.6. The minimum Gasteiger partial charge on any atom is -0.444 e. The Balaban J connectivity index is 2.01. The summed E-state index contributed by atoms with van der Waals surface area (Å²) in [6, 6.07) is 9.49. The number of hydrogen-bond acceptors (Lipinski definition) is 3. The van der Waals surface area contributed by atoms with Gasteiger partial charge >= 0.3 is 6.09 Å². The number of hydrogen-bond donors (Lipinski definition) is 1.